The Morgan fingerprint density at radius 3 is 2.37 bits per heavy atom. The molecule has 6 heteroatoms. The molecule has 0 saturated carbocycles. The number of aliphatic hydroxyl groups is 1. The summed E-state index contributed by atoms with van der Waals surface area (Å²) >= 11 is 3.44. The first kappa shape index (κ1) is 16.6. The van der Waals surface area contributed by atoms with Crippen LogP contribution < -0.4 is 4.72 Å². The minimum atomic E-state index is -3.54. The van der Waals surface area contributed by atoms with Gasteiger partial charge in [0, 0.05) is 17.5 Å². The molecule has 4 nitrogen and oxygen atoms in total. The van der Waals surface area contributed by atoms with Crippen molar-refractivity contribution in [2.45, 2.75) is 42.5 Å². The van der Waals surface area contributed by atoms with Crippen molar-refractivity contribution < 1.29 is 13.5 Å². The number of nitrogens with one attached hydrogen (secondary N) is 1. The number of aliphatic hydroxyl groups excluding tert-OH is 1. The second-order valence-electron chi connectivity index (χ2n) is 4.48. The summed E-state index contributed by atoms with van der Waals surface area (Å²) in [6.45, 7) is 3.82. The van der Waals surface area contributed by atoms with Gasteiger partial charge in [-0.15, -0.1) is 0 Å². The lowest BCUT2D eigenvalue weighted by molar-refractivity contribution is 0.270. The Labute approximate surface area is 123 Å². The highest BCUT2D eigenvalue weighted by Crippen LogP contribution is 2.17. The van der Waals surface area contributed by atoms with Crippen LogP contribution in [0.5, 0.6) is 0 Å². The molecule has 0 saturated heterocycles. The Hall–Kier alpha value is -0.430. The van der Waals surface area contributed by atoms with Crippen LogP contribution in [0, 0.1) is 6.92 Å². The zero-order valence-electron chi connectivity index (χ0n) is 11.1. The fourth-order valence-corrected chi connectivity index (χ4v) is 3.60. The van der Waals surface area contributed by atoms with Crippen molar-refractivity contribution in [2.75, 3.05) is 6.61 Å². The second kappa shape index (κ2) is 7.38. The number of hydrogen-bond acceptors (Lipinski definition) is 3. The number of alkyl halides is 1. The van der Waals surface area contributed by atoms with E-state index in [1.807, 2.05) is 13.8 Å². The summed E-state index contributed by atoms with van der Waals surface area (Å²) in [6.07, 6.45) is 1.16. The maximum atomic E-state index is 12.2. The quantitative estimate of drug-likeness (QED) is 0.741. The summed E-state index contributed by atoms with van der Waals surface area (Å²) in [5.41, 5.74) is 1.01. The van der Waals surface area contributed by atoms with Crippen LogP contribution in [0.1, 0.15) is 25.3 Å². The Morgan fingerprint density at radius 1 is 1.32 bits per heavy atom. The van der Waals surface area contributed by atoms with Crippen molar-refractivity contribution in [2.24, 2.45) is 0 Å². The van der Waals surface area contributed by atoms with Gasteiger partial charge in [-0.3, -0.25) is 0 Å². The van der Waals surface area contributed by atoms with Gasteiger partial charge in [-0.05, 0) is 31.9 Å². The lowest BCUT2D eigenvalue weighted by Gasteiger charge is -2.22. The zero-order valence-corrected chi connectivity index (χ0v) is 13.5. The Morgan fingerprint density at radius 2 is 1.89 bits per heavy atom. The van der Waals surface area contributed by atoms with Crippen LogP contribution in [0.25, 0.3) is 0 Å². The number of rotatable bonds is 7. The highest BCUT2D eigenvalue weighted by Gasteiger charge is 2.24. The van der Waals surface area contributed by atoms with Crippen LogP contribution in [0.4, 0.5) is 0 Å². The number of aryl methyl sites for hydroxylation is 1. The molecule has 1 rings (SSSR count). The molecule has 1 aromatic rings. The highest BCUT2D eigenvalue weighted by molar-refractivity contribution is 9.09. The number of hydrogen-bond donors (Lipinski definition) is 2. The molecule has 0 radical (unpaired) electrons. The van der Waals surface area contributed by atoms with Gasteiger partial charge >= 0.3 is 0 Å². The molecule has 0 amide bonds. The summed E-state index contributed by atoms with van der Waals surface area (Å²) in [5.74, 6) is 0. The monoisotopic (exact) mass is 349 g/mol. The first-order chi connectivity index (χ1) is 8.90. The van der Waals surface area contributed by atoms with E-state index in [1.54, 1.807) is 24.3 Å². The van der Waals surface area contributed by atoms with Gasteiger partial charge < -0.3 is 5.11 Å². The van der Waals surface area contributed by atoms with Crippen LogP contribution in [-0.2, 0) is 10.0 Å². The largest absolute Gasteiger partial charge is 0.396 e. The Bertz CT molecular complexity index is 487. The van der Waals surface area contributed by atoms with Crippen molar-refractivity contribution in [3.63, 3.8) is 0 Å². The first-order valence-corrected chi connectivity index (χ1v) is 8.64. The van der Waals surface area contributed by atoms with Crippen molar-refractivity contribution in [3.05, 3.63) is 29.8 Å². The maximum absolute atomic E-state index is 12.2. The molecule has 19 heavy (non-hydrogen) atoms. The molecule has 0 bridgehead atoms. The van der Waals surface area contributed by atoms with E-state index >= 15 is 0 Å². The minimum Gasteiger partial charge on any atom is -0.396 e. The van der Waals surface area contributed by atoms with Gasteiger partial charge in [0.2, 0.25) is 10.0 Å². The third kappa shape index (κ3) is 4.87. The molecule has 0 fully saturated rings. The highest BCUT2D eigenvalue weighted by atomic mass is 79.9. The van der Waals surface area contributed by atoms with E-state index < -0.39 is 10.0 Å². The molecule has 0 aliphatic heterocycles. The predicted octanol–water partition coefficient (Wildman–Crippen LogP) is 2.20. The number of benzene rings is 1. The minimum absolute atomic E-state index is 0.000117. The van der Waals surface area contributed by atoms with Gasteiger partial charge in [-0.1, -0.05) is 40.5 Å². The van der Waals surface area contributed by atoms with Gasteiger partial charge in [-0.2, -0.15) is 0 Å². The topological polar surface area (TPSA) is 66.4 Å². The van der Waals surface area contributed by atoms with Gasteiger partial charge in [0.25, 0.3) is 0 Å². The Kier molecular flexibility index (Phi) is 6.46. The number of sulfonamides is 1. The van der Waals surface area contributed by atoms with Crippen LogP contribution in [-0.4, -0.2) is 31.0 Å². The lowest BCUT2D eigenvalue weighted by Crippen LogP contribution is -2.41. The Balaban J connectivity index is 2.90. The molecule has 108 valence electrons. The molecule has 0 aliphatic rings. The molecule has 0 heterocycles. The van der Waals surface area contributed by atoms with Crippen LogP contribution in [0.3, 0.4) is 0 Å². The molecular weight excluding hydrogens is 330 g/mol. The molecule has 0 unspecified atom stereocenters. The summed E-state index contributed by atoms with van der Waals surface area (Å²) in [6, 6.07) is 6.38. The molecular formula is C13H20BrNO3S. The summed E-state index contributed by atoms with van der Waals surface area (Å²) in [4.78, 5) is 0.247. The third-order valence-electron chi connectivity index (χ3n) is 2.90. The molecule has 1 aromatic carbocycles. The second-order valence-corrected chi connectivity index (χ2v) is 7.37. The van der Waals surface area contributed by atoms with Crippen molar-refractivity contribution in [3.8, 4) is 0 Å². The SMILES string of the molecule is CC[C@H](Br)[C@@H](CCO)NS(=O)(=O)c1ccc(C)cc1. The molecule has 2 N–H and O–H groups in total. The lowest BCUT2D eigenvalue weighted by atomic mass is 10.1. The number of halogens is 1. The van der Waals surface area contributed by atoms with E-state index in [4.69, 9.17) is 5.11 Å². The maximum Gasteiger partial charge on any atom is 0.240 e. The fraction of sp³-hybridized carbons (Fsp3) is 0.538. The average molecular weight is 350 g/mol. The van der Waals surface area contributed by atoms with E-state index in [9.17, 15) is 8.42 Å². The van der Waals surface area contributed by atoms with Crippen LogP contribution >= 0.6 is 15.9 Å². The van der Waals surface area contributed by atoms with Gasteiger partial charge in [0.05, 0.1) is 4.90 Å². The van der Waals surface area contributed by atoms with Crippen LogP contribution in [0.15, 0.2) is 29.2 Å². The fourth-order valence-electron chi connectivity index (χ4n) is 1.72. The third-order valence-corrected chi connectivity index (χ3v) is 5.70. The van der Waals surface area contributed by atoms with Crippen LogP contribution in [0.2, 0.25) is 0 Å². The summed E-state index contributed by atoms with van der Waals surface area (Å²) < 4.78 is 27.1. The smallest absolute Gasteiger partial charge is 0.240 e. The molecule has 0 aromatic heterocycles. The molecule has 2 atom stereocenters. The normalized spacial score (nSPS) is 15.2. The zero-order chi connectivity index (χ0) is 14.5. The van der Waals surface area contributed by atoms with E-state index in [-0.39, 0.29) is 22.4 Å². The average Bonchev–Trinajstić information content (AvgIpc) is 2.37. The first-order valence-electron chi connectivity index (χ1n) is 6.24. The van der Waals surface area contributed by atoms with Gasteiger partial charge in [-0.25, -0.2) is 13.1 Å². The van der Waals surface area contributed by atoms with Crippen molar-refractivity contribution >= 4 is 26.0 Å². The molecule has 0 spiro atoms. The van der Waals surface area contributed by atoms with E-state index in [1.165, 1.54) is 0 Å². The summed E-state index contributed by atoms with van der Waals surface area (Å²) in [5, 5.41) is 9.03. The van der Waals surface area contributed by atoms with E-state index in [2.05, 4.69) is 20.7 Å². The van der Waals surface area contributed by atoms with E-state index in [0.717, 1.165) is 12.0 Å². The van der Waals surface area contributed by atoms with E-state index in [0.29, 0.717) is 6.42 Å². The van der Waals surface area contributed by atoms with Gasteiger partial charge in [0.15, 0.2) is 0 Å². The predicted molar refractivity (Wildman–Crippen MR) is 80.0 cm³/mol. The van der Waals surface area contributed by atoms with Crippen molar-refractivity contribution in [1.29, 1.82) is 0 Å². The summed E-state index contributed by atoms with van der Waals surface area (Å²) in [7, 11) is -3.54. The molecule has 0 aliphatic carbocycles. The van der Waals surface area contributed by atoms with Crippen molar-refractivity contribution in [1.82, 2.24) is 4.72 Å². The van der Waals surface area contributed by atoms with Gasteiger partial charge in [0.1, 0.15) is 0 Å². The standard InChI is InChI=1S/C13H20BrNO3S/c1-3-12(14)13(8-9-16)15-19(17,18)11-6-4-10(2)5-7-11/h4-7,12-13,15-16H,3,8-9H2,1-2H3/t12-,13+/m0/s1.